The fourth-order valence-corrected chi connectivity index (χ4v) is 1.20. The monoisotopic (exact) mass is 207 g/mol. The molecule has 15 heavy (non-hydrogen) atoms. The first-order valence-electron chi connectivity index (χ1n) is 4.31. The van der Waals surface area contributed by atoms with Gasteiger partial charge in [0.2, 0.25) is 5.22 Å². The smallest absolute Gasteiger partial charge is 0.445 e. The summed E-state index contributed by atoms with van der Waals surface area (Å²) < 4.78 is 0. The molecule has 0 radical (unpaired) electrons. The SMILES string of the molecule is CC(c1ccccc1)N(N=[N+]=N)C(=O)O. The highest BCUT2D eigenvalue weighted by Gasteiger charge is 2.29. The van der Waals surface area contributed by atoms with Crippen LogP contribution < -0.4 is 4.91 Å². The van der Waals surface area contributed by atoms with Gasteiger partial charge in [0.15, 0.2) is 6.04 Å². The molecular formula is C9H11N4O2+. The maximum Gasteiger partial charge on any atom is 0.526 e. The highest BCUT2D eigenvalue weighted by molar-refractivity contribution is 5.65. The first-order chi connectivity index (χ1) is 7.16. The Hall–Kier alpha value is -2.20. The van der Waals surface area contributed by atoms with Crippen LogP contribution >= 0.6 is 0 Å². The van der Waals surface area contributed by atoms with Crippen LogP contribution in [0.1, 0.15) is 18.5 Å². The molecule has 0 aliphatic heterocycles. The first kappa shape index (κ1) is 10.9. The van der Waals surface area contributed by atoms with E-state index in [4.69, 9.17) is 10.6 Å². The summed E-state index contributed by atoms with van der Waals surface area (Å²) in [6, 6.07) is 8.58. The summed E-state index contributed by atoms with van der Waals surface area (Å²) in [4.78, 5) is 13.5. The van der Waals surface area contributed by atoms with Gasteiger partial charge in [-0.05, 0) is 23.0 Å². The van der Waals surface area contributed by atoms with Gasteiger partial charge in [-0.1, -0.05) is 30.3 Å². The van der Waals surface area contributed by atoms with Gasteiger partial charge >= 0.3 is 6.09 Å². The molecule has 0 spiro atoms. The number of carboxylic acid groups (broad SMARTS) is 1. The number of benzene rings is 1. The molecule has 0 aliphatic rings. The fraction of sp³-hybridized carbons (Fsp3) is 0.222. The number of amides is 1. The summed E-state index contributed by atoms with van der Waals surface area (Å²) in [5.41, 5.74) is 7.33. The Morgan fingerprint density at radius 2 is 2.13 bits per heavy atom. The van der Waals surface area contributed by atoms with Crippen molar-refractivity contribution in [1.82, 2.24) is 9.92 Å². The van der Waals surface area contributed by atoms with E-state index in [1.807, 2.05) is 18.2 Å². The summed E-state index contributed by atoms with van der Waals surface area (Å²) >= 11 is 0. The van der Waals surface area contributed by atoms with Gasteiger partial charge in [-0.15, -0.1) is 0 Å². The normalized spacial score (nSPS) is 11.3. The maximum absolute atomic E-state index is 10.8. The fourth-order valence-electron chi connectivity index (χ4n) is 1.20. The number of rotatable bonds is 3. The van der Waals surface area contributed by atoms with E-state index in [2.05, 4.69) is 10.1 Å². The second-order valence-electron chi connectivity index (χ2n) is 2.90. The Bertz CT molecular complexity index is 384. The van der Waals surface area contributed by atoms with Gasteiger partial charge in [0, 0.05) is 0 Å². The standard InChI is InChI=1S/C9H10N4O2/c1-7(8-5-3-2-4-6-8)13(9(14)15)12-11-10/h2-7,10H,1H3/p+1. The maximum atomic E-state index is 10.8. The van der Waals surface area contributed by atoms with Crippen molar-refractivity contribution in [3.05, 3.63) is 35.9 Å². The minimum absolute atomic E-state index is 0.460. The van der Waals surface area contributed by atoms with Crippen molar-refractivity contribution < 1.29 is 9.90 Å². The number of nitrogens with zero attached hydrogens (tertiary/aromatic N) is 3. The molecule has 78 valence electrons. The van der Waals surface area contributed by atoms with Crippen LogP contribution in [0.15, 0.2) is 35.6 Å². The van der Waals surface area contributed by atoms with Crippen LogP contribution in [0, 0.1) is 5.53 Å². The lowest BCUT2D eigenvalue weighted by Crippen LogP contribution is -2.27. The minimum Gasteiger partial charge on any atom is -0.445 e. The van der Waals surface area contributed by atoms with Crippen molar-refractivity contribution in [2.75, 3.05) is 0 Å². The molecular weight excluding hydrogens is 196 g/mol. The third-order valence-corrected chi connectivity index (χ3v) is 1.99. The van der Waals surface area contributed by atoms with Crippen LogP contribution in [0.5, 0.6) is 0 Å². The Kier molecular flexibility index (Phi) is 3.54. The zero-order valence-corrected chi connectivity index (χ0v) is 8.16. The Morgan fingerprint density at radius 3 is 2.60 bits per heavy atom. The van der Waals surface area contributed by atoms with Crippen LogP contribution in [-0.2, 0) is 0 Å². The first-order valence-corrected chi connectivity index (χ1v) is 4.31. The third kappa shape index (κ3) is 2.62. The molecule has 0 fully saturated rings. The summed E-state index contributed by atoms with van der Waals surface area (Å²) in [7, 11) is 0. The second kappa shape index (κ2) is 4.88. The Morgan fingerprint density at radius 1 is 1.53 bits per heavy atom. The molecule has 2 N–H and O–H groups in total. The molecule has 0 saturated heterocycles. The van der Waals surface area contributed by atoms with Crippen LogP contribution in [0.3, 0.4) is 0 Å². The van der Waals surface area contributed by atoms with E-state index in [9.17, 15) is 4.79 Å². The molecule has 1 aromatic rings. The number of hydrogen-bond donors (Lipinski definition) is 2. The third-order valence-electron chi connectivity index (χ3n) is 1.99. The van der Waals surface area contributed by atoms with E-state index in [-0.39, 0.29) is 0 Å². The molecule has 0 aromatic heterocycles. The van der Waals surface area contributed by atoms with Crippen molar-refractivity contribution >= 4 is 6.09 Å². The molecule has 1 amide bonds. The van der Waals surface area contributed by atoms with Gasteiger partial charge in [0.05, 0.1) is 4.91 Å². The molecule has 6 heteroatoms. The van der Waals surface area contributed by atoms with E-state index in [1.54, 1.807) is 19.1 Å². The Balaban J connectivity index is 2.95. The quantitative estimate of drug-likeness (QED) is 0.451. The van der Waals surface area contributed by atoms with Gasteiger partial charge in [0.25, 0.3) is 0 Å². The highest BCUT2D eigenvalue weighted by Crippen LogP contribution is 2.19. The molecule has 1 rings (SSSR count). The second-order valence-corrected chi connectivity index (χ2v) is 2.90. The van der Waals surface area contributed by atoms with E-state index < -0.39 is 12.1 Å². The highest BCUT2D eigenvalue weighted by atomic mass is 16.4. The Labute approximate surface area is 86.3 Å². The van der Waals surface area contributed by atoms with Gasteiger partial charge in [-0.3, -0.25) is 0 Å². The van der Waals surface area contributed by atoms with Crippen molar-refractivity contribution in [2.24, 2.45) is 5.22 Å². The van der Waals surface area contributed by atoms with E-state index in [1.165, 1.54) is 0 Å². The molecule has 0 aliphatic carbocycles. The predicted octanol–water partition coefficient (Wildman–Crippen LogP) is 2.19. The zero-order chi connectivity index (χ0) is 11.3. The molecule has 0 bridgehead atoms. The van der Waals surface area contributed by atoms with Crippen LogP contribution in [0.2, 0.25) is 0 Å². The van der Waals surface area contributed by atoms with Gasteiger partial charge < -0.3 is 5.11 Å². The number of nitrogens with one attached hydrogen (secondary N) is 1. The van der Waals surface area contributed by atoms with E-state index in [0.717, 1.165) is 10.6 Å². The van der Waals surface area contributed by atoms with Crippen LogP contribution in [0.4, 0.5) is 4.79 Å². The van der Waals surface area contributed by atoms with Crippen molar-refractivity contribution in [2.45, 2.75) is 13.0 Å². The number of carbonyl (C=O) groups is 1. The van der Waals surface area contributed by atoms with Gasteiger partial charge in [-0.2, -0.15) is 4.79 Å². The molecule has 6 nitrogen and oxygen atoms in total. The zero-order valence-electron chi connectivity index (χ0n) is 8.16. The molecule has 1 atom stereocenters. The predicted molar refractivity (Wildman–Crippen MR) is 52.0 cm³/mol. The van der Waals surface area contributed by atoms with Crippen LogP contribution in [0.25, 0.3) is 0 Å². The van der Waals surface area contributed by atoms with Crippen LogP contribution in [-0.4, -0.2) is 16.2 Å². The summed E-state index contributed by atoms with van der Waals surface area (Å²) in [5.74, 6) is 0. The summed E-state index contributed by atoms with van der Waals surface area (Å²) in [6.45, 7) is 1.68. The molecule has 1 unspecified atom stereocenters. The van der Waals surface area contributed by atoms with Gasteiger partial charge in [-0.25, -0.2) is 0 Å². The average Bonchev–Trinajstić information content (AvgIpc) is 2.26. The topological polar surface area (TPSA) is 90.9 Å². The summed E-state index contributed by atoms with van der Waals surface area (Å²) in [6.07, 6.45) is -1.23. The van der Waals surface area contributed by atoms with E-state index >= 15 is 0 Å². The lowest BCUT2D eigenvalue weighted by atomic mass is 10.1. The molecule has 0 saturated carbocycles. The van der Waals surface area contributed by atoms with E-state index in [0.29, 0.717) is 0 Å². The number of hydrogen-bond acceptors (Lipinski definition) is 3. The average molecular weight is 207 g/mol. The van der Waals surface area contributed by atoms with Crippen molar-refractivity contribution in [3.63, 3.8) is 0 Å². The van der Waals surface area contributed by atoms with Gasteiger partial charge in [0.1, 0.15) is 0 Å². The molecule has 0 heterocycles. The van der Waals surface area contributed by atoms with Crippen molar-refractivity contribution in [1.29, 1.82) is 5.53 Å². The lowest BCUT2D eigenvalue weighted by molar-refractivity contribution is 0.124. The largest absolute Gasteiger partial charge is 0.526 e. The lowest BCUT2D eigenvalue weighted by Gasteiger charge is -2.10. The minimum atomic E-state index is -1.23. The molecule has 1 aromatic carbocycles. The summed E-state index contributed by atoms with van der Waals surface area (Å²) in [5, 5.41) is 12.8. The van der Waals surface area contributed by atoms with Crippen molar-refractivity contribution in [3.8, 4) is 0 Å².